The average Bonchev–Trinajstić information content (AvgIpc) is 2.87. The third-order valence-electron chi connectivity index (χ3n) is 5.28. The van der Waals surface area contributed by atoms with Crippen LogP contribution >= 0.6 is 0 Å². The molecule has 0 radical (unpaired) electrons. The molecule has 3 nitrogen and oxygen atoms in total. The Balaban J connectivity index is 2.30. The number of imidazole rings is 1. The summed E-state index contributed by atoms with van der Waals surface area (Å²) in [6, 6.07) is 0.401. The van der Waals surface area contributed by atoms with Crippen molar-refractivity contribution >= 4 is 0 Å². The minimum absolute atomic E-state index is 0.152. The first-order valence-corrected chi connectivity index (χ1v) is 8.19. The van der Waals surface area contributed by atoms with Crippen LogP contribution in [0.3, 0.4) is 0 Å². The molecule has 0 saturated heterocycles. The van der Waals surface area contributed by atoms with E-state index in [1.54, 1.807) is 0 Å². The topological polar surface area (TPSA) is 38.0 Å². The number of aromatic nitrogens is 2. The summed E-state index contributed by atoms with van der Waals surface area (Å²) < 4.78 is 2.36. The zero-order chi connectivity index (χ0) is 14.8. The first-order valence-electron chi connectivity index (χ1n) is 8.19. The van der Waals surface area contributed by atoms with Crippen LogP contribution in [-0.2, 0) is 6.42 Å². The van der Waals surface area contributed by atoms with E-state index in [2.05, 4.69) is 43.4 Å². The number of aryl methyl sites for hydroxylation is 1. The summed E-state index contributed by atoms with van der Waals surface area (Å²) in [5.41, 5.74) is 0.318. The van der Waals surface area contributed by atoms with E-state index in [1.807, 2.05) is 6.20 Å². The second kappa shape index (κ2) is 6.30. The Labute approximate surface area is 123 Å². The Morgan fingerprint density at radius 1 is 1.35 bits per heavy atom. The molecule has 3 atom stereocenters. The molecule has 114 valence electrons. The van der Waals surface area contributed by atoms with Crippen molar-refractivity contribution < 1.29 is 5.11 Å². The molecule has 2 rings (SSSR count). The predicted molar refractivity (Wildman–Crippen MR) is 82.7 cm³/mol. The van der Waals surface area contributed by atoms with Crippen LogP contribution in [0, 0.1) is 11.3 Å². The van der Waals surface area contributed by atoms with E-state index < -0.39 is 0 Å². The minimum atomic E-state index is -0.152. The van der Waals surface area contributed by atoms with Crippen molar-refractivity contribution in [2.75, 3.05) is 0 Å². The van der Waals surface area contributed by atoms with E-state index >= 15 is 0 Å². The van der Waals surface area contributed by atoms with E-state index in [-0.39, 0.29) is 6.10 Å². The minimum Gasteiger partial charge on any atom is -0.393 e. The number of rotatable bonds is 5. The zero-order valence-corrected chi connectivity index (χ0v) is 13.5. The molecule has 0 spiro atoms. The summed E-state index contributed by atoms with van der Waals surface area (Å²) in [6.45, 7) is 9.22. The molecule has 1 heterocycles. The van der Waals surface area contributed by atoms with Crippen LogP contribution in [0.25, 0.3) is 0 Å². The maximum absolute atomic E-state index is 10.1. The smallest absolute Gasteiger partial charge is 0.108 e. The summed E-state index contributed by atoms with van der Waals surface area (Å²) >= 11 is 0. The van der Waals surface area contributed by atoms with Gasteiger partial charge in [-0.2, -0.15) is 0 Å². The van der Waals surface area contributed by atoms with Gasteiger partial charge < -0.3 is 9.67 Å². The standard InChI is InChI=1S/C17H30N2O/c1-5-7-16-18-10-11-19(16)15-12-13(20)8-9-14(15)17(3,4)6-2/h10-11,13-15,20H,5-9,12H2,1-4H3. The summed E-state index contributed by atoms with van der Waals surface area (Å²) in [7, 11) is 0. The van der Waals surface area contributed by atoms with E-state index in [0.29, 0.717) is 17.4 Å². The number of aliphatic hydroxyl groups is 1. The fraction of sp³-hybridized carbons (Fsp3) is 0.824. The van der Waals surface area contributed by atoms with Gasteiger partial charge in [-0.3, -0.25) is 0 Å². The normalized spacial score (nSPS) is 27.8. The van der Waals surface area contributed by atoms with Gasteiger partial charge in [0.15, 0.2) is 0 Å². The van der Waals surface area contributed by atoms with Gasteiger partial charge in [0.25, 0.3) is 0 Å². The fourth-order valence-electron chi connectivity index (χ4n) is 3.67. The van der Waals surface area contributed by atoms with Crippen molar-refractivity contribution in [2.45, 2.75) is 78.4 Å². The van der Waals surface area contributed by atoms with Gasteiger partial charge in [-0.05, 0) is 37.0 Å². The molecule has 1 aromatic heterocycles. The second-order valence-corrected chi connectivity index (χ2v) is 6.98. The molecule has 3 unspecified atom stereocenters. The van der Waals surface area contributed by atoms with Crippen LogP contribution in [0.4, 0.5) is 0 Å². The lowest BCUT2D eigenvalue weighted by Crippen LogP contribution is -2.38. The van der Waals surface area contributed by atoms with Crippen molar-refractivity contribution in [1.82, 2.24) is 9.55 Å². The highest BCUT2D eigenvalue weighted by atomic mass is 16.3. The van der Waals surface area contributed by atoms with E-state index in [0.717, 1.165) is 32.1 Å². The molecule has 1 fully saturated rings. The van der Waals surface area contributed by atoms with Gasteiger partial charge in [-0.1, -0.05) is 34.1 Å². The van der Waals surface area contributed by atoms with E-state index in [9.17, 15) is 5.11 Å². The summed E-state index contributed by atoms with van der Waals surface area (Å²) in [4.78, 5) is 4.53. The zero-order valence-electron chi connectivity index (χ0n) is 13.5. The second-order valence-electron chi connectivity index (χ2n) is 6.98. The summed E-state index contributed by atoms with van der Waals surface area (Å²) in [5, 5.41) is 10.1. The molecule has 1 N–H and O–H groups in total. The Kier molecular flexibility index (Phi) is 4.90. The highest BCUT2D eigenvalue weighted by Crippen LogP contribution is 2.46. The molecular weight excluding hydrogens is 248 g/mol. The van der Waals surface area contributed by atoms with Crippen LogP contribution in [0.15, 0.2) is 12.4 Å². The molecule has 1 aliphatic rings. The van der Waals surface area contributed by atoms with E-state index in [1.165, 1.54) is 12.2 Å². The fourth-order valence-corrected chi connectivity index (χ4v) is 3.67. The Morgan fingerprint density at radius 3 is 2.75 bits per heavy atom. The van der Waals surface area contributed by atoms with Crippen LogP contribution in [-0.4, -0.2) is 20.8 Å². The summed E-state index contributed by atoms with van der Waals surface area (Å²) in [5.74, 6) is 1.81. The lowest BCUT2D eigenvalue weighted by Gasteiger charge is -2.44. The van der Waals surface area contributed by atoms with Gasteiger partial charge in [-0.15, -0.1) is 0 Å². The Morgan fingerprint density at radius 2 is 2.10 bits per heavy atom. The van der Waals surface area contributed by atoms with Gasteiger partial charge in [0.05, 0.1) is 6.10 Å². The molecule has 0 aliphatic heterocycles. The van der Waals surface area contributed by atoms with Gasteiger partial charge in [0.1, 0.15) is 5.82 Å². The number of aliphatic hydroxyl groups excluding tert-OH is 1. The molecule has 3 heteroatoms. The molecule has 0 amide bonds. The van der Waals surface area contributed by atoms with Crippen LogP contribution < -0.4 is 0 Å². The largest absolute Gasteiger partial charge is 0.393 e. The molecule has 1 aliphatic carbocycles. The predicted octanol–water partition coefficient (Wildman–Crippen LogP) is 3.97. The third kappa shape index (κ3) is 3.08. The lowest BCUT2D eigenvalue weighted by molar-refractivity contribution is 0.0207. The molecule has 1 aromatic rings. The molecular formula is C17H30N2O. The highest BCUT2D eigenvalue weighted by molar-refractivity contribution is 5.01. The number of nitrogens with zero attached hydrogens (tertiary/aromatic N) is 2. The lowest BCUT2D eigenvalue weighted by atomic mass is 9.66. The van der Waals surface area contributed by atoms with Crippen molar-refractivity contribution in [3.05, 3.63) is 18.2 Å². The maximum atomic E-state index is 10.1. The quantitative estimate of drug-likeness (QED) is 0.885. The monoisotopic (exact) mass is 278 g/mol. The Bertz CT molecular complexity index is 424. The average molecular weight is 278 g/mol. The SMILES string of the molecule is CCCc1nccn1C1CC(O)CCC1C(C)(C)CC. The van der Waals surface area contributed by atoms with Crippen molar-refractivity contribution in [3.8, 4) is 0 Å². The number of hydrogen-bond donors (Lipinski definition) is 1. The van der Waals surface area contributed by atoms with Crippen LogP contribution in [0.1, 0.15) is 71.7 Å². The molecule has 0 bridgehead atoms. The van der Waals surface area contributed by atoms with Gasteiger partial charge in [0.2, 0.25) is 0 Å². The number of hydrogen-bond acceptors (Lipinski definition) is 2. The van der Waals surface area contributed by atoms with Crippen molar-refractivity contribution in [2.24, 2.45) is 11.3 Å². The third-order valence-corrected chi connectivity index (χ3v) is 5.28. The summed E-state index contributed by atoms with van der Waals surface area (Å²) in [6.07, 6.45) is 10.2. The van der Waals surface area contributed by atoms with Gasteiger partial charge in [0, 0.05) is 24.9 Å². The van der Waals surface area contributed by atoms with Crippen LogP contribution in [0.2, 0.25) is 0 Å². The molecule has 1 saturated carbocycles. The van der Waals surface area contributed by atoms with Crippen molar-refractivity contribution in [1.29, 1.82) is 0 Å². The van der Waals surface area contributed by atoms with Crippen LogP contribution in [0.5, 0.6) is 0 Å². The molecule has 20 heavy (non-hydrogen) atoms. The first kappa shape index (κ1) is 15.6. The van der Waals surface area contributed by atoms with Gasteiger partial charge >= 0.3 is 0 Å². The van der Waals surface area contributed by atoms with Crippen molar-refractivity contribution in [3.63, 3.8) is 0 Å². The van der Waals surface area contributed by atoms with E-state index in [4.69, 9.17) is 0 Å². The first-order chi connectivity index (χ1) is 9.49. The molecule has 0 aromatic carbocycles. The highest BCUT2D eigenvalue weighted by Gasteiger charge is 2.39. The Hall–Kier alpha value is -0.830. The van der Waals surface area contributed by atoms with Gasteiger partial charge in [-0.25, -0.2) is 4.98 Å². The maximum Gasteiger partial charge on any atom is 0.108 e.